The van der Waals surface area contributed by atoms with Crippen LogP contribution in [0.15, 0.2) is 24.3 Å². The van der Waals surface area contributed by atoms with Crippen LogP contribution in [0.2, 0.25) is 0 Å². The first-order chi connectivity index (χ1) is 6.88. The molecular weight excluding hydrogens is 178 g/mol. The summed E-state index contributed by atoms with van der Waals surface area (Å²) in [5.41, 5.74) is 0. The maximum Gasteiger partial charge on any atom is 0.161 e. The van der Waals surface area contributed by atoms with E-state index in [-0.39, 0.29) is 0 Å². The van der Waals surface area contributed by atoms with Gasteiger partial charge in [-0.05, 0) is 12.1 Å². The highest BCUT2D eigenvalue weighted by Crippen LogP contribution is 2.25. The molecule has 0 fully saturated rings. The Kier molecular flexibility index (Phi) is 4.86. The third kappa shape index (κ3) is 3.26. The lowest BCUT2D eigenvalue weighted by atomic mass is 10.3. The molecule has 0 aliphatic heterocycles. The third-order valence-corrected chi connectivity index (χ3v) is 1.96. The van der Waals surface area contributed by atoms with Crippen molar-refractivity contribution in [3.8, 4) is 11.5 Å². The highest BCUT2D eigenvalue weighted by molar-refractivity contribution is 5.39. The quantitative estimate of drug-likeness (QED) is 0.678. The lowest BCUT2D eigenvalue weighted by molar-refractivity contribution is -0.627. The average molecular weight is 196 g/mol. The zero-order valence-electron chi connectivity index (χ0n) is 8.82. The molecule has 2 N–H and O–H groups in total. The number of methoxy groups -OCH3 is 1. The summed E-state index contributed by atoms with van der Waals surface area (Å²) in [5.74, 6) is 1.62. The van der Waals surface area contributed by atoms with Crippen LogP contribution in [0, 0.1) is 0 Å². The van der Waals surface area contributed by atoms with Gasteiger partial charge in [-0.25, -0.2) is 0 Å². The Morgan fingerprint density at radius 3 is 2.57 bits per heavy atom. The normalized spacial score (nSPS) is 9.86. The number of para-hydroxylation sites is 2. The Balaban J connectivity index is 2.41. The van der Waals surface area contributed by atoms with Gasteiger partial charge in [0.05, 0.1) is 27.3 Å². The van der Waals surface area contributed by atoms with Crippen LogP contribution < -0.4 is 14.8 Å². The molecule has 0 radical (unpaired) electrons. The summed E-state index contributed by atoms with van der Waals surface area (Å²) >= 11 is 0. The van der Waals surface area contributed by atoms with E-state index in [0.29, 0.717) is 0 Å². The van der Waals surface area contributed by atoms with E-state index in [1.165, 1.54) is 0 Å². The highest BCUT2D eigenvalue weighted by atomic mass is 16.5. The fourth-order valence-corrected chi connectivity index (χ4v) is 1.21. The van der Waals surface area contributed by atoms with Crippen LogP contribution in [0.3, 0.4) is 0 Å². The molecule has 3 nitrogen and oxygen atoms in total. The summed E-state index contributed by atoms with van der Waals surface area (Å²) in [7, 11) is 3.71. The molecule has 0 aliphatic carbocycles. The molecule has 0 bridgehead atoms. The van der Waals surface area contributed by atoms with Crippen LogP contribution in [-0.4, -0.2) is 27.3 Å². The third-order valence-electron chi connectivity index (χ3n) is 1.96. The van der Waals surface area contributed by atoms with E-state index >= 15 is 0 Å². The number of hydrogen-bond acceptors (Lipinski definition) is 2. The van der Waals surface area contributed by atoms with E-state index < -0.39 is 0 Å². The van der Waals surface area contributed by atoms with Gasteiger partial charge in [0.15, 0.2) is 11.5 Å². The first-order valence-corrected chi connectivity index (χ1v) is 4.92. The number of rotatable bonds is 6. The van der Waals surface area contributed by atoms with Crippen LogP contribution in [-0.2, 0) is 0 Å². The number of nitrogens with two attached hydrogens (primary N) is 1. The fourth-order valence-electron chi connectivity index (χ4n) is 1.21. The van der Waals surface area contributed by atoms with Gasteiger partial charge >= 0.3 is 0 Å². The molecule has 14 heavy (non-hydrogen) atoms. The molecule has 0 atom stereocenters. The van der Waals surface area contributed by atoms with E-state index in [1.807, 2.05) is 24.3 Å². The Hall–Kier alpha value is -1.22. The maximum absolute atomic E-state index is 5.59. The number of ether oxygens (including phenoxy) is 2. The van der Waals surface area contributed by atoms with Crippen molar-refractivity contribution in [2.45, 2.75) is 6.42 Å². The zero-order chi connectivity index (χ0) is 10.2. The van der Waals surface area contributed by atoms with E-state index in [0.717, 1.165) is 31.1 Å². The smallest absolute Gasteiger partial charge is 0.161 e. The van der Waals surface area contributed by atoms with Crippen molar-refractivity contribution in [3.63, 3.8) is 0 Å². The van der Waals surface area contributed by atoms with Gasteiger partial charge in [0.1, 0.15) is 0 Å². The van der Waals surface area contributed by atoms with Crippen molar-refractivity contribution in [1.82, 2.24) is 0 Å². The Morgan fingerprint density at radius 1 is 1.21 bits per heavy atom. The summed E-state index contributed by atoms with van der Waals surface area (Å²) < 4.78 is 10.8. The molecule has 78 valence electrons. The topological polar surface area (TPSA) is 35.1 Å². The molecule has 1 aromatic carbocycles. The second-order valence-electron chi connectivity index (χ2n) is 3.05. The summed E-state index contributed by atoms with van der Waals surface area (Å²) in [6, 6.07) is 7.71. The lowest BCUT2D eigenvalue weighted by Crippen LogP contribution is -2.79. The van der Waals surface area contributed by atoms with Crippen LogP contribution in [0.4, 0.5) is 0 Å². The minimum atomic E-state index is 0.741. The second kappa shape index (κ2) is 6.27. The Labute approximate surface area is 85.0 Å². The summed E-state index contributed by atoms with van der Waals surface area (Å²) in [5, 5.41) is 2.14. The molecule has 0 saturated heterocycles. The maximum atomic E-state index is 5.59. The van der Waals surface area contributed by atoms with Crippen LogP contribution in [0.25, 0.3) is 0 Å². The van der Waals surface area contributed by atoms with Gasteiger partial charge in [0.2, 0.25) is 0 Å². The zero-order valence-corrected chi connectivity index (χ0v) is 8.82. The molecule has 1 rings (SSSR count). The Bertz CT molecular complexity index is 263. The molecular formula is C11H18NO2+. The molecule has 0 spiro atoms. The van der Waals surface area contributed by atoms with Crippen molar-refractivity contribution in [1.29, 1.82) is 0 Å². The molecule has 3 heteroatoms. The molecule has 0 heterocycles. The van der Waals surface area contributed by atoms with E-state index in [4.69, 9.17) is 9.47 Å². The van der Waals surface area contributed by atoms with Crippen molar-refractivity contribution in [2.24, 2.45) is 0 Å². The van der Waals surface area contributed by atoms with Gasteiger partial charge in [0, 0.05) is 6.42 Å². The second-order valence-corrected chi connectivity index (χ2v) is 3.05. The van der Waals surface area contributed by atoms with Gasteiger partial charge < -0.3 is 14.8 Å². The van der Waals surface area contributed by atoms with Gasteiger partial charge in [-0.3, -0.25) is 0 Å². The number of quaternary nitrogens is 1. The van der Waals surface area contributed by atoms with Gasteiger partial charge in [-0.15, -0.1) is 0 Å². The summed E-state index contributed by atoms with van der Waals surface area (Å²) in [4.78, 5) is 0. The number of hydrogen-bond donors (Lipinski definition) is 1. The van der Waals surface area contributed by atoms with E-state index in [2.05, 4.69) is 12.4 Å². The van der Waals surface area contributed by atoms with Crippen molar-refractivity contribution in [2.75, 3.05) is 27.3 Å². The Morgan fingerprint density at radius 2 is 1.93 bits per heavy atom. The van der Waals surface area contributed by atoms with E-state index in [9.17, 15) is 0 Å². The van der Waals surface area contributed by atoms with Gasteiger partial charge in [0.25, 0.3) is 0 Å². The molecule has 0 unspecified atom stereocenters. The van der Waals surface area contributed by atoms with Crippen molar-refractivity contribution in [3.05, 3.63) is 24.3 Å². The van der Waals surface area contributed by atoms with Crippen molar-refractivity contribution >= 4 is 0 Å². The lowest BCUT2D eigenvalue weighted by Gasteiger charge is -2.09. The van der Waals surface area contributed by atoms with Gasteiger partial charge in [-0.2, -0.15) is 0 Å². The van der Waals surface area contributed by atoms with Crippen LogP contribution >= 0.6 is 0 Å². The largest absolute Gasteiger partial charge is 0.493 e. The molecule has 1 aromatic rings. The highest BCUT2D eigenvalue weighted by Gasteiger charge is 2.01. The average Bonchev–Trinajstić information content (AvgIpc) is 2.25. The fraction of sp³-hybridized carbons (Fsp3) is 0.455. The summed E-state index contributed by atoms with van der Waals surface area (Å²) in [6.07, 6.45) is 1.05. The van der Waals surface area contributed by atoms with Crippen LogP contribution in [0.1, 0.15) is 6.42 Å². The van der Waals surface area contributed by atoms with Gasteiger partial charge in [-0.1, -0.05) is 12.1 Å². The number of benzene rings is 1. The monoisotopic (exact) mass is 196 g/mol. The predicted octanol–water partition coefficient (Wildman–Crippen LogP) is 0.657. The van der Waals surface area contributed by atoms with Crippen molar-refractivity contribution < 1.29 is 14.8 Å². The molecule has 0 aliphatic rings. The summed E-state index contributed by atoms with van der Waals surface area (Å²) in [6.45, 7) is 1.83. The minimum absolute atomic E-state index is 0.741. The SMILES string of the molecule is C[NH2+]CCCOc1ccccc1OC. The van der Waals surface area contributed by atoms with Crippen LogP contribution in [0.5, 0.6) is 11.5 Å². The predicted molar refractivity (Wildman–Crippen MR) is 55.8 cm³/mol. The molecule has 0 saturated carbocycles. The standard InChI is InChI=1S/C11H17NO2/c1-12-8-5-9-14-11-7-4-3-6-10(11)13-2/h3-4,6-7,12H,5,8-9H2,1-2H3/p+1. The first kappa shape index (κ1) is 10.9. The molecule has 0 amide bonds. The molecule has 0 aromatic heterocycles. The van der Waals surface area contributed by atoms with E-state index in [1.54, 1.807) is 7.11 Å². The minimum Gasteiger partial charge on any atom is -0.493 e. The first-order valence-electron chi connectivity index (χ1n) is 4.92.